The van der Waals surface area contributed by atoms with Crippen LogP contribution in [0.1, 0.15) is 26.2 Å². The van der Waals surface area contributed by atoms with E-state index in [4.69, 9.17) is 5.11 Å². The van der Waals surface area contributed by atoms with E-state index >= 15 is 0 Å². The lowest BCUT2D eigenvalue weighted by atomic mass is 10.2. The molecule has 0 spiro atoms. The summed E-state index contributed by atoms with van der Waals surface area (Å²) in [5.41, 5.74) is 0. The minimum atomic E-state index is -2.97. The van der Waals surface area contributed by atoms with E-state index < -0.39 is 27.1 Å². The molecule has 15 heavy (non-hydrogen) atoms. The number of hydrogen-bond acceptors (Lipinski definition) is 4. The first-order valence-electron chi connectivity index (χ1n) is 5.15. The van der Waals surface area contributed by atoms with Gasteiger partial charge in [-0.05, 0) is 19.3 Å². The molecule has 0 aliphatic carbocycles. The third kappa shape index (κ3) is 3.17. The fourth-order valence-corrected chi connectivity index (χ4v) is 3.55. The monoisotopic (exact) mass is 235 g/mol. The highest BCUT2D eigenvalue weighted by molar-refractivity contribution is 7.92. The maximum atomic E-state index is 11.4. The van der Waals surface area contributed by atoms with Crippen LogP contribution in [-0.2, 0) is 14.6 Å². The van der Waals surface area contributed by atoms with Gasteiger partial charge in [-0.15, -0.1) is 0 Å². The maximum absolute atomic E-state index is 11.4. The van der Waals surface area contributed by atoms with Crippen molar-refractivity contribution in [3.8, 4) is 0 Å². The van der Waals surface area contributed by atoms with Crippen molar-refractivity contribution in [2.24, 2.45) is 0 Å². The number of carboxylic acids is 1. The average Bonchev–Trinajstić information content (AvgIpc) is 2.46. The Hall–Kier alpha value is -0.620. The van der Waals surface area contributed by atoms with Crippen LogP contribution in [0, 0.1) is 0 Å². The summed E-state index contributed by atoms with van der Waals surface area (Å²) in [7, 11) is -2.97. The molecule has 0 bridgehead atoms. The van der Waals surface area contributed by atoms with Crippen LogP contribution >= 0.6 is 0 Å². The van der Waals surface area contributed by atoms with Crippen LogP contribution in [0.2, 0.25) is 0 Å². The number of sulfone groups is 1. The lowest BCUT2D eigenvalue weighted by Crippen LogP contribution is -2.41. The van der Waals surface area contributed by atoms with E-state index in [0.717, 1.165) is 0 Å². The van der Waals surface area contributed by atoms with Crippen LogP contribution in [-0.4, -0.2) is 43.1 Å². The summed E-state index contributed by atoms with van der Waals surface area (Å²) in [4.78, 5) is 10.7. The second kappa shape index (κ2) is 4.94. The number of carbonyl (C=O) groups is 1. The summed E-state index contributed by atoms with van der Waals surface area (Å²) in [6, 6.07) is -0.638. The fraction of sp³-hybridized carbons (Fsp3) is 0.889. The van der Waals surface area contributed by atoms with Crippen molar-refractivity contribution in [1.82, 2.24) is 5.32 Å². The van der Waals surface area contributed by atoms with Crippen molar-refractivity contribution in [3.05, 3.63) is 0 Å². The Morgan fingerprint density at radius 3 is 2.67 bits per heavy atom. The van der Waals surface area contributed by atoms with Gasteiger partial charge in [0, 0.05) is 6.54 Å². The molecule has 0 aromatic carbocycles. The lowest BCUT2D eigenvalue weighted by Gasteiger charge is -2.15. The molecular weight excluding hydrogens is 218 g/mol. The summed E-state index contributed by atoms with van der Waals surface area (Å²) in [5.74, 6) is -0.684. The molecule has 0 saturated carbocycles. The molecule has 5 nitrogen and oxygen atoms in total. The summed E-state index contributed by atoms with van der Waals surface area (Å²) >= 11 is 0. The minimum absolute atomic E-state index is 0.239. The molecule has 1 aliphatic heterocycles. The van der Waals surface area contributed by atoms with Gasteiger partial charge in [-0.1, -0.05) is 6.92 Å². The van der Waals surface area contributed by atoms with Crippen molar-refractivity contribution in [3.63, 3.8) is 0 Å². The first-order valence-corrected chi connectivity index (χ1v) is 6.86. The standard InChI is InChI=1S/C9H17NO4S/c1-2-8(9(11)12)10-6-7-4-3-5-15(7,13)14/h7-8,10H,2-6H2,1H3,(H,11,12). The number of nitrogens with one attached hydrogen (secondary N) is 1. The molecule has 88 valence electrons. The Bertz CT molecular complexity index is 325. The Labute approximate surface area is 89.8 Å². The van der Waals surface area contributed by atoms with Crippen molar-refractivity contribution in [1.29, 1.82) is 0 Å². The van der Waals surface area contributed by atoms with Crippen molar-refractivity contribution < 1.29 is 18.3 Å². The number of aliphatic carboxylic acids is 1. The molecule has 2 atom stereocenters. The van der Waals surface area contributed by atoms with Gasteiger partial charge in [0.1, 0.15) is 6.04 Å². The Morgan fingerprint density at radius 1 is 1.60 bits per heavy atom. The van der Waals surface area contributed by atoms with E-state index in [0.29, 0.717) is 19.3 Å². The Morgan fingerprint density at radius 2 is 2.27 bits per heavy atom. The molecule has 2 unspecified atom stereocenters. The number of carboxylic acid groups (broad SMARTS) is 1. The third-order valence-corrected chi connectivity index (χ3v) is 5.04. The second-order valence-electron chi connectivity index (χ2n) is 3.84. The van der Waals surface area contributed by atoms with Gasteiger partial charge in [0.25, 0.3) is 0 Å². The molecule has 0 radical (unpaired) electrons. The molecule has 1 fully saturated rings. The molecule has 1 aliphatic rings. The predicted octanol–water partition coefficient (Wildman–Crippen LogP) is 0.0164. The molecule has 2 N–H and O–H groups in total. The molecular formula is C9H17NO4S. The molecule has 0 amide bonds. The van der Waals surface area contributed by atoms with E-state index in [-0.39, 0.29) is 12.3 Å². The third-order valence-electron chi connectivity index (χ3n) is 2.76. The highest BCUT2D eigenvalue weighted by atomic mass is 32.2. The zero-order chi connectivity index (χ0) is 11.5. The maximum Gasteiger partial charge on any atom is 0.320 e. The van der Waals surface area contributed by atoms with E-state index in [9.17, 15) is 13.2 Å². The zero-order valence-electron chi connectivity index (χ0n) is 8.77. The highest BCUT2D eigenvalue weighted by Gasteiger charge is 2.31. The molecule has 0 aromatic heterocycles. The summed E-state index contributed by atoms with van der Waals surface area (Å²) in [5, 5.41) is 11.2. The highest BCUT2D eigenvalue weighted by Crippen LogP contribution is 2.19. The molecule has 1 rings (SSSR count). The quantitative estimate of drug-likeness (QED) is 0.701. The first-order chi connectivity index (χ1) is 6.97. The summed E-state index contributed by atoms with van der Waals surface area (Å²) < 4.78 is 22.9. The van der Waals surface area contributed by atoms with Crippen molar-refractivity contribution >= 4 is 15.8 Å². The van der Waals surface area contributed by atoms with Crippen LogP contribution < -0.4 is 5.32 Å². The average molecular weight is 235 g/mol. The molecule has 1 saturated heterocycles. The van der Waals surface area contributed by atoms with Gasteiger partial charge in [0.15, 0.2) is 9.84 Å². The van der Waals surface area contributed by atoms with Crippen molar-refractivity contribution in [2.45, 2.75) is 37.5 Å². The van der Waals surface area contributed by atoms with Crippen LogP contribution in [0.25, 0.3) is 0 Å². The zero-order valence-corrected chi connectivity index (χ0v) is 9.59. The molecule has 0 aromatic rings. The van der Waals surface area contributed by atoms with Crippen LogP contribution in [0.5, 0.6) is 0 Å². The summed E-state index contributed by atoms with van der Waals surface area (Å²) in [6.07, 6.45) is 1.80. The normalized spacial score (nSPS) is 26.3. The van der Waals surface area contributed by atoms with Gasteiger partial charge >= 0.3 is 5.97 Å². The SMILES string of the molecule is CCC(NCC1CCCS1(=O)=O)C(=O)O. The summed E-state index contributed by atoms with van der Waals surface area (Å²) in [6.45, 7) is 2.02. The van der Waals surface area contributed by atoms with Gasteiger partial charge in [-0.25, -0.2) is 8.42 Å². The van der Waals surface area contributed by atoms with E-state index in [1.165, 1.54) is 0 Å². The lowest BCUT2D eigenvalue weighted by molar-refractivity contribution is -0.139. The number of rotatable bonds is 5. The van der Waals surface area contributed by atoms with E-state index in [1.807, 2.05) is 0 Å². The molecule has 1 heterocycles. The van der Waals surface area contributed by atoms with Crippen LogP contribution in [0.4, 0.5) is 0 Å². The fourth-order valence-electron chi connectivity index (χ4n) is 1.77. The minimum Gasteiger partial charge on any atom is -0.480 e. The van der Waals surface area contributed by atoms with Gasteiger partial charge in [0.05, 0.1) is 11.0 Å². The Kier molecular flexibility index (Phi) is 4.10. The van der Waals surface area contributed by atoms with E-state index in [2.05, 4.69) is 5.32 Å². The second-order valence-corrected chi connectivity index (χ2v) is 6.24. The topological polar surface area (TPSA) is 83.5 Å². The largest absolute Gasteiger partial charge is 0.480 e. The van der Waals surface area contributed by atoms with Gasteiger partial charge in [-0.2, -0.15) is 0 Å². The number of hydrogen-bond donors (Lipinski definition) is 2. The smallest absolute Gasteiger partial charge is 0.320 e. The molecule has 6 heteroatoms. The first kappa shape index (κ1) is 12.4. The Balaban J connectivity index is 2.46. The van der Waals surface area contributed by atoms with Gasteiger partial charge in [0.2, 0.25) is 0 Å². The predicted molar refractivity (Wildman–Crippen MR) is 56.5 cm³/mol. The van der Waals surface area contributed by atoms with Gasteiger partial charge in [-0.3, -0.25) is 4.79 Å². The van der Waals surface area contributed by atoms with Crippen molar-refractivity contribution in [2.75, 3.05) is 12.3 Å². The van der Waals surface area contributed by atoms with Crippen LogP contribution in [0.15, 0.2) is 0 Å². The van der Waals surface area contributed by atoms with Crippen LogP contribution in [0.3, 0.4) is 0 Å². The van der Waals surface area contributed by atoms with E-state index in [1.54, 1.807) is 6.92 Å². The van der Waals surface area contributed by atoms with Gasteiger partial charge < -0.3 is 10.4 Å².